The summed E-state index contributed by atoms with van der Waals surface area (Å²) in [5.41, 5.74) is 0. The molecule has 2 fully saturated rings. The third-order valence-electron chi connectivity index (χ3n) is 4.04. The number of carbonyl (C=O) groups excluding carboxylic acids is 1. The SMILES string of the molecule is O=C(COC[C@@H]1CCCO1)N1CC[C@H](c2ccco2)C1. The minimum absolute atomic E-state index is 0.0667. The lowest BCUT2D eigenvalue weighted by molar-refractivity contribution is -0.136. The van der Waals surface area contributed by atoms with Gasteiger partial charge in [0.2, 0.25) is 5.91 Å². The van der Waals surface area contributed by atoms with E-state index in [1.807, 2.05) is 17.0 Å². The Morgan fingerprint density at radius 2 is 2.40 bits per heavy atom. The Hall–Kier alpha value is -1.33. The van der Waals surface area contributed by atoms with E-state index in [-0.39, 0.29) is 18.6 Å². The summed E-state index contributed by atoms with van der Waals surface area (Å²) in [6, 6.07) is 3.87. The van der Waals surface area contributed by atoms with Crippen molar-refractivity contribution in [3.8, 4) is 0 Å². The van der Waals surface area contributed by atoms with E-state index in [9.17, 15) is 4.79 Å². The van der Waals surface area contributed by atoms with Crippen molar-refractivity contribution >= 4 is 5.91 Å². The van der Waals surface area contributed by atoms with Crippen LogP contribution in [0.5, 0.6) is 0 Å². The first-order chi connectivity index (χ1) is 9.83. The first kappa shape index (κ1) is 13.6. The molecule has 0 saturated carbocycles. The fourth-order valence-corrected chi connectivity index (χ4v) is 2.89. The second-order valence-electron chi connectivity index (χ2n) is 5.49. The Balaban J connectivity index is 1.39. The molecule has 3 heterocycles. The Labute approximate surface area is 118 Å². The van der Waals surface area contributed by atoms with E-state index in [1.165, 1.54) is 0 Å². The van der Waals surface area contributed by atoms with E-state index in [4.69, 9.17) is 13.9 Å². The molecular weight excluding hydrogens is 258 g/mol. The van der Waals surface area contributed by atoms with Crippen LogP contribution in [0.3, 0.4) is 0 Å². The van der Waals surface area contributed by atoms with Crippen LogP contribution in [-0.2, 0) is 14.3 Å². The molecule has 0 radical (unpaired) electrons. The number of likely N-dealkylation sites (tertiary alicyclic amines) is 1. The van der Waals surface area contributed by atoms with E-state index in [0.29, 0.717) is 12.5 Å². The molecule has 1 aromatic heterocycles. The highest BCUT2D eigenvalue weighted by Gasteiger charge is 2.29. The number of furan rings is 1. The van der Waals surface area contributed by atoms with Gasteiger partial charge in [0, 0.05) is 25.6 Å². The van der Waals surface area contributed by atoms with Crippen molar-refractivity contribution in [3.05, 3.63) is 24.2 Å². The lowest BCUT2D eigenvalue weighted by Gasteiger charge is -2.17. The minimum atomic E-state index is 0.0667. The Bertz CT molecular complexity index is 425. The van der Waals surface area contributed by atoms with E-state index < -0.39 is 0 Å². The zero-order chi connectivity index (χ0) is 13.8. The number of amides is 1. The van der Waals surface area contributed by atoms with Crippen LogP contribution >= 0.6 is 0 Å². The number of nitrogens with zero attached hydrogens (tertiary/aromatic N) is 1. The minimum Gasteiger partial charge on any atom is -0.469 e. The molecule has 2 atom stereocenters. The van der Waals surface area contributed by atoms with Crippen LogP contribution in [0.25, 0.3) is 0 Å². The van der Waals surface area contributed by atoms with Crippen LogP contribution in [0.4, 0.5) is 0 Å². The molecule has 0 aromatic carbocycles. The maximum absolute atomic E-state index is 12.1. The van der Waals surface area contributed by atoms with Crippen LogP contribution in [0.1, 0.15) is 30.9 Å². The van der Waals surface area contributed by atoms with Gasteiger partial charge >= 0.3 is 0 Å². The number of ether oxygens (including phenoxy) is 2. The summed E-state index contributed by atoms with van der Waals surface area (Å²) in [6.07, 6.45) is 4.96. The standard InChI is InChI=1S/C15H21NO4/c17-15(11-18-10-13-3-1-7-19-13)16-6-5-12(9-16)14-4-2-8-20-14/h2,4,8,12-13H,1,3,5-7,9-11H2/t12-,13-/m0/s1. The normalized spacial score (nSPS) is 26.3. The Morgan fingerprint density at radius 3 is 3.15 bits per heavy atom. The van der Waals surface area contributed by atoms with Gasteiger partial charge in [-0.1, -0.05) is 0 Å². The van der Waals surface area contributed by atoms with Crippen molar-refractivity contribution in [2.45, 2.75) is 31.3 Å². The zero-order valence-electron chi connectivity index (χ0n) is 11.6. The fraction of sp³-hybridized carbons (Fsp3) is 0.667. The number of hydrogen-bond acceptors (Lipinski definition) is 4. The highest BCUT2D eigenvalue weighted by atomic mass is 16.5. The van der Waals surface area contributed by atoms with Crippen molar-refractivity contribution in [2.24, 2.45) is 0 Å². The largest absolute Gasteiger partial charge is 0.469 e. The smallest absolute Gasteiger partial charge is 0.248 e. The quantitative estimate of drug-likeness (QED) is 0.824. The van der Waals surface area contributed by atoms with Crippen LogP contribution < -0.4 is 0 Å². The third kappa shape index (κ3) is 3.22. The van der Waals surface area contributed by atoms with Gasteiger partial charge in [-0.3, -0.25) is 4.79 Å². The van der Waals surface area contributed by atoms with Gasteiger partial charge in [-0.05, 0) is 31.4 Å². The summed E-state index contributed by atoms with van der Waals surface area (Å²) in [6.45, 7) is 3.02. The molecule has 5 heteroatoms. The van der Waals surface area contributed by atoms with Gasteiger partial charge in [0.15, 0.2) is 0 Å². The van der Waals surface area contributed by atoms with E-state index >= 15 is 0 Å². The van der Waals surface area contributed by atoms with Crippen molar-refractivity contribution in [1.82, 2.24) is 4.90 Å². The average molecular weight is 279 g/mol. The van der Waals surface area contributed by atoms with Gasteiger partial charge in [0.05, 0.1) is 19.0 Å². The van der Waals surface area contributed by atoms with Crippen LogP contribution in [0, 0.1) is 0 Å². The molecular formula is C15H21NO4. The molecule has 0 spiro atoms. The number of hydrogen-bond donors (Lipinski definition) is 0. The first-order valence-electron chi connectivity index (χ1n) is 7.33. The molecule has 0 unspecified atom stereocenters. The molecule has 1 amide bonds. The highest BCUT2D eigenvalue weighted by Crippen LogP contribution is 2.27. The van der Waals surface area contributed by atoms with Crippen molar-refractivity contribution in [1.29, 1.82) is 0 Å². The summed E-state index contributed by atoms with van der Waals surface area (Å²) in [7, 11) is 0. The van der Waals surface area contributed by atoms with Gasteiger partial charge in [-0.25, -0.2) is 0 Å². The molecule has 0 N–H and O–H groups in total. The maximum atomic E-state index is 12.1. The first-order valence-corrected chi connectivity index (χ1v) is 7.33. The molecule has 2 aliphatic heterocycles. The van der Waals surface area contributed by atoms with Gasteiger partial charge < -0.3 is 18.8 Å². The van der Waals surface area contributed by atoms with Crippen LogP contribution in [0.15, 0.2) is 22.8 Å². The summed E-state index contributed by atoms with van der Waals surface area (Å²) in [5, 5.41) is 0. The zero-order valence-corrected chi connectivity index (χ0v) is 11.6. The predicted octanol–water partition coefficient (Wildman–Crippen LogP) is 1.79. The Kier molecular flexibility index (Phi) is 4.38. The van der Waals surface area contributed by atoms with E-state index in [0.717, 1.165) is 44.7 Å². The number of carbonyl (C=O) groups is 1. The monoisotopic (exact) mass is 279 g/mol. The van der Waals surface area contributed by atoms with E-state index in [2.05, 4.69) is 0 Å². The third-order valence-corrected chi connectivity index (χ3v) is 4.04. The van der Waals surface area contributed by atoms with Crippen LogP contribution in [-0.4, -0.2) is 49.8 Å². The molecule has 3 rings (SSSR count). The molecule has 0 bridgehead atoms. The fourth-order valence-electron chi connectivity index (χ4n) is 2.89. The summed E-state index contributed by atoms with van der Waals surface area (Å²) in [5.74, 6) is 1.37. The lowest BCUT2D eigenvalue weighted by atomic mass is 10.1. The summed E-state index contributed by atoms with van der Waals surface area (Å²) < 4.78 is 16.4. The van der Waals surface area contributed by atoms with Gasteiger partial charge in [-0.2, -0.15) is 0 Å². The Morgan fingerprint density at radius 1 is 1.45 bits per heavy atom. The average Bonchev–Trinajstić information content (AvgIpc) is 3.20. The van der Waals surface area contributed by atoms with Gasteiger partial charge in [0.25, 0.3) is 0 Å². The lowest BCUT2D eigenvalue weighted by Crippen LogP contribution is -2.32. The second kappa shape index (κ2) is 6.41. The maximum Gasteiger partial charge on any atom is 0.248 e. The van der Waals surface area contributed by atoms with Crippen molar-refractivity contribution in [2.75, 3.05) is 32.9 Å². The highest BCUT2D eigenvalue weighted by molar-refractivity contribution is 5.77. The van der Waals surface area contributed by atoms with Crippen LogP contribution in [0.2, 0.25) is 0 Å². The van der Waals surface area contributed by atoms with Gasteiger partial charge in [-0.15, -0.1) is 0 Å². The second-order valence-corrected chi connectivity index (χ2v) is 5.49. The molecule has 1 aromatic rings. The summed E-state index contributed by atoms with van der Waals surface area (Å²) in [4.78, 5) is 13.9. The predicted molar refractivity (Wildman–Crippen MR) is 72.4 cm³/mol. The molecule has 0 aliphatic carbocycles. The topological polar surface area (TPSA) is 51.9 Å². The number of rotatable bonds is 5. The molecule has 110 valence electrons. The summed E-state index contributed by atoms with van der Waals surface area (Å²) >= 11 is 0. The molecule has 2 saturated heterocycles. The van der Waals surface area contributed by atoms with Gasteiger partial charge in [0.1, 0.15) is 12.4 Å². The van der Waals surface area contributed by atoms with Crippen molar-refractivity contribution in [3.63, 3.8) is 0 Å². The molecule has 20 heavy (non-hydrogen) atoms. The van der Waals surface area contributed by atoms with Crippen molar-refractivity contribution < 1.29 is 18.7 Å². The molecule has 2 aliphatic rings. The molecule has 5 nitrogen and oxygen atoms in total. The van der Waals surface area contributed by atoms with E-state index in [1.54, 1.807) is 6.26 Å².